The highest BCUT2D eigenvalue weighted by Crippen LogP contribution is 2.23. The summed E-state index contributed by atoms with van der Waals surface area (Å²) in [5.74, 6) is -8.49. The molecule has 0 unspecified atom stereocenters. The highest BCUT2D eigenvalue weighted by Gasteiger charge is 2.44. The van der Waals surface area contributed by atoms with Gasteiger partial charge in [-0.3, -0.25) is 0 Å². The minimum absolute atomic E-state index is 0.315. The molecular formula is C14H15ClF6O6. The van der Waals surface area contributed by atoms with Crippen molar-refractivity contribution in [3.05, 3.63) is 11.8 Å². The quantitative estimate of drug-likeness (QED) is 0.161. The van der Waals surface area contributed by atoms with Gasteiger partial charge in [0.15, 0.2) is 0 Å². The van der Waals surface area contributed by atoms with Gasteiger partial charge >= 0.3 is 30.3 Å². The first-order chi connectivity index (χ1) is 12.0. The van der Waals surface area contributed by atoms with E-state index in [2.05, 4.69) is 9.47 Å². The van der Waals surface area contributed by atoms with Crippen molar-refractivity contribution in [3.63, 3.8) is 0 Å². The van der Waals surface area contributed by atoms with Crippen LogP contribution in [0.2, 0.25) is 0 Å². The van der Waals surface area contributed by atoms with Gasteiger partial charge in [-0.25, -0.2) is 14.4 Å². The zero-order valence-electron chi connectivity index (χ0n) is 14.2. The fourth-order valence-corrected chi connectivity index (χ4v) is 1.51. The third-order valence-electron chi connectivity index (χ3n) is 2.25. The van der Waals surface area contributed by atoms with Crippen LogP contribution >= 0.6 is 11.6 Å². The molecule has 0 saturated heterocycles. The van der Waals surface area contributed by atoms with E-state index in [0.29, 0.717) is 6.08 Å². The van der Waals surface area contributed by atoms with E-state index in [9.17, 15) is 40.7 Å². The van der Waals surface area contributed by atoms with Crippen molar-refractivity contribution in [3.8, 4) is 0 Å². The summed E-state index contributed by atoms with van der Waals surface area (Å²) in [4.78, 5) is 33.4. The van der Waals surface area contributed by atoms with Gasteiger partial charge in [0.1, 0.15) is 17.5 Å². The lowest BCUT2D eigenvalue weighted by Gasteiger charge is -2.20. The number of halogens is 7. The monoisotopic (exact) mass is 428 g/mol. The molecule has 1 atom stereocenters. The Morgan fingerprint density at radius 1 is 0.963 bits per heavy atom. The normalized spacial score (nSPS) is 14.4. The van der Waals surface area contributed by atoms with Crippen molar-refractivity contribution in [2.24, 2.45) is 0 Å². The maximum Gasteiger partial charge on any atom is 0.491 e. The van der Waals surface area contributed by atoms with E-state index in [0.717, 1.165) is 0 Å². The van der Waals surface area contributed by atoms with Gasteiger partial charge in [0.05, 0.1) is 12.0 Å². The van der Waals surface area contributed by atoms with Gasteiger partial charge in [0.25, 0.3) is 0 Å². The molecule has 0 saturated carbocycles. The first-order valence-electron chi connectivity index (χ1n) is 7.02. The average Bonchev–Trinajstić information content (AvgIpc) is 2.41. The van der Waals surface area contributed by atoms with Crippen LogP contribution in [0.3, 0.4) is 0 Å². The standard InChI is InChI=1S/C14H15ClF6O6/c1-12(2,3)27-9(22)5-7(25-10(23)13(16,17)18)4-8(6-15)26-11(24)14(19,20)21/h5,8H,4,6H2,1-3H3/b7-5-/t8-/m0/s1. The van der Waals surface area contributed by atoms with Crippen LogP contribution in [0.5, 0.6) is 0 Å². The van der Waals surface area contributed by atoms with Crippen LogP contribution in [-0.4, -0.2) is 47.8 Å². The van der Waals surface area contributed by atoms with E-state index in [1.807, 2.05) is 0 Å². The van der Waals surface area contributed by atoms with Crippen LogP contribution in [0.4, 0.5) is 26.3 Å². The topological polar surface area (TPSA) is 78.9 Å². The van der Waals surface area contributed by atoms with Crippen molar-refractivity contribution in [2.45, 2.75) is 51.2 Å². The maximum atomic E-state index is 12.3. The Morgan fingerprint density at radius 3 is 1.81 bits per heavy atom. The summed E-state index contributed by atoms with van der Waals surface area (Å²) in [6.07, 6.45) is -13.4. The Labute approximate surface area is 154 Å². The van der Waals surface area contributed by atoms with E-state index in [1.165, 1.54) is 20.8 Å². The molecule has 6 nitrogen and oxygen atoms in total. The molecule has 0 radical (unpaired) electrons. The molecule has 0 amide bonds. The van der Waals surface area contributed by atoms with Crippen molar-refractivity contribution < 1.29 is 54.9 Å². The lowest BCUT2D eigenvalue weighted by Crippen LogP contribution is -2.32. The van der Waals surface area contributed by atoms with E-state index in [4.69, 9.17) is 16.3 Å². The summed E-state index contributed by atoms with van der Waals surface area (Å²) in [5, 5.41) is 0. The van der Waals surface area contributed by atoms with Crippen molar-refractivity contribution in [2.75, 3.05) is 5.88 Å². The molecule has 0 spiro atoms. The highest BCUT2D eigenvalue weighted by molar-refractivity contribution is 6.18. The third kappa shape index (κ3) is 10.7. The van der Waals surface area contributed by atoms with Gasteiger partial charge < -0.3 is 14.2 Å². The Morgan fingerprint density at radius 2 is 1.44 bits per heavy atom. The second-order valence-corrected chi connectivity index (χ2v) is 6.22. The zero-order valence-corrected chi connectivity index (χ0v) is 14.9. The second-order valence-electron chi connectivity index (χ2n) is 5.91. The fourth-order valence-electron chi connectivity index (χ4n) is 1.34. The number of rotatable bonds is 6. The predicted molar refractivity (Wildman–Crippen MR) is 77.3 cm³/mol. The molecule has 0 aliphatic carbocycles. The van der Waals surface area contributed by atoms with E-state index >= 15 is 0 Å². The maximum absolute atomic E-state index is 12.3. The number of hydrogen-bond acceptors (Lipinski definition) is 6. The van der Waals surface area contributed by atoms with Gasteiger partial charge in [-0.05, 0) is 20.8 Å². The van der Waals surface area contributed by atoms with Crippen LogP contribution in [0.15, 0.2) is 11.8 Å². The number of alkyl halides is 7. The van der Waals surface area contributed by atoms with Gasteiger partial charge in [0.2, 0.25) is 0 Å². The van der Waals surface area contributed by atoms with Gasteiger partial charge in [-0.15, -0.1) is 11.6 Å². The molecular weight excluding hydrogens is 414 g/mol. The van der Waals surface area contributed by atoms with Crippen molar-refractivity contribution in [1.82, 2.24) is 0 Å². The minimum Gasteiger partial charge on any atom is -0.457 e. The lowest BCUT2D eigenvalue weighted by atomic mass is 10.2. The molecule has 0 fully saturated rings. The summed E-state index contributed by atoms with van der Waals surface area (Å²) >= 11 is 5.32. The lowest BCUT2D eigenvalue weighted by molar-refractivity contribution is -0.204. The molecule has 0 aromatic rings. The molecule has 0 N–H and O–H groups in total. The van der Waals surface area contributed by atoms with Crippen LogP contribution in [0.25, 0.3) is 0 Å². The van der Waals surface area contributed by atoms with Crippen LogP contribution in [-0.2, 0) is 28.6 Å². The molecule has 0 aromatic carbocycles. The van der Waals surface area contributed by atoms with Crippen LogP contribution in [0.1, 0.15) is 27.2 Å². The summed E-state index contributed by atoms with van der Waals surface area (Å²) in [5.41, 5.74) is -1.07. The van der Waals surface area contributed by atoms with E-state index < -0.39 is 60.0 Å². The summed E-state index contributed by atoms with van der Waals surface area (Å²) in [7, 11) is 0. The molecule has 156 valence electrons. The zero-order chi connectivity index (χ0) is 21.6. The number of esters is 3. The first-order valence-corrected chi connectivity index (χ1v) is 7.55. The number of hydrogen-bond donors (Lipinski definition) is 0. The van der Waals surface area contributed by atoms with Crippen LogP contribution in [0, 0.1) is 0 Å². The molecule has 0 aliphatic rings. The predicted octanol–water partition coefficient (Wildman–Crippen LogP) is 3.42. The summed E-state index contributed by atoms with van der Waals surface area (Å²) < 4.78 is 86.3. The SMILES string of the molecule is CC(C)(C)OC(=O)/C=C(/C[C@@H](CCl)OC(=O)C(F)(F)F)OC(=O)C(F)(F)F. The highest BCUT2D eigenvalue weighted by atomic mass is 35.5. The second kappa shape index (κ2) is 9.29. The minimum atomic E-state index is -5.45. The largest absolute Gasteiger partial charge is 0.491 e. The van der Waals surface area contributed by atoms with Crippen LogP contribution < -0.4 is 0 Å². The molecule has 13 heteroatoms. The molecule has 0 aliphatic heterocycles. The van der Waals surface area contributed by atoms with E-state index in [-0.39, 0.29) is 0 Å². The number of carbonyl (C=O) groups is 3. The molecule has 0 heterocycles. The Balaban J connectivity index is 5.47. The van der Waals surface area contributed by atoms with Gasteiger partial charge in [-0.2, -0.15) is 26.3 Å². The third-order valence-corrected chi connectivity index (χ3v) is 2.59. The van der Waals surface area contributed by atoms with Crippen molar-refractivity contribution in [1.29, 1.82) is 0 Å². The smallest absolute Gasteiger partial charge is 0.457 e. The fraction of sp³-hybridized carbons (Fsp3) is 0.643. The van der Waals surface area contributed by atoms with E-state index in [1.54, 1.807) is 0 Å². The Kier molecular flexibility index (Phi) is 8.61. The Bertz CT molecular complexity index is 590. The van der Waals surface area contributed by atoms with Crippen molar-refractivity contribution >= 4 is 29.5 Å². The first kappa shape index (κ1) is 25.0. The molecule has 0 rings (SSSR count). The molecule has 27 heavy (non-hydrogen) atoms. The molecule has 0 bridgehead atoms. The summed E-state index contributed by atoms with van der Waals surface area (Å²) in [6.45, 7) is 4.27. The average molecular weight is 429 g/mol. The molecule has 0 aromatic heterocycles. The number of ether oxygens (including phenoxy) is 3. The van der Waals surface area contributed by atoms with Gasteiger partial charge in [-0.1, -0.05) is 0 Å². The summed E-state index contributed by atoms with van der Waals surface area (Å²) in [6, 6.07) is 0. The Hall–Kier alpha value is -1.98. The number of carbonyl (C=O) groups excluding carboxylic acids is 3. The van der Waals surface area contributed by atoms with Gasteiger partial charge in [0, 0.05) is 6.42 Å².